The average Bonchev–Trinajstić information content (AvgIpc) is 2.77. The fourth-order valence-corrected chi connectivity index (χ4v) is 3.09. The minimum Gasteiger partial charge on any atom is -0.484 e. The highest BCUT2D eigenvalue weighted by Crippen LogP contribution is 2.36. The van der Waals surface area contributed by atoms with E-state index in [0.29, 0.717) is 11.3 Å². The number of benzene rings is 3. The second-order valence-electron chi connectivity index (χ2n) is 6.98. The van der Waals surface area contributed by atoms with Crippen molar-refractivity contribution < 1.29 is 22.7 Å². The Morgan fingerprint density at radius 2 is 1.78 bits per heavy atom. The molecule has 0 aliphatic heterocycles. The van der Waals surface area contributed by atoms with Crippen LogP contribution in [0.1, 0.15) is 29.7 Å². The number of amides is 1. The lowest BCUT2D eigenvalue weighted by atomic mass is 10.1. The molecule has 0 unspecified atom stereocenters. The minimum absolute atomic E-state index is 0.131. The molecular weight excluding hydrogens is 441 g/mol. The van der Waals surface area contributed by atoms with Crippen LogP contribution in [0.2, 0.25) is 5.02 Å². The van der Waals surface area contributed by atoms with Gasteiger partial charge in [0.25, 0.3) is 5.91 Å². The van der Waals surface area contributed by atoms with Crippen molar-refractivity contribution in [3.05, 3.63) is 94.5 Å². The normalized spacial score (nSPS) is 12.5. The molecule has 32 heavy (non-hydrogen) atoms. The number of aliphatic imine (C=N–C) groups is 1. The highest BCUT2D eigenvalue weighted by atomic mass is 35.5. The summed E-state index contributed by atoms with van der Waals surface area (Å²) >= 11 is 5.61. The van der Waals surface area contributed by atoms with Crippen LogP contribution < -0.4 is 10.1 Å². The largest absolute Gasteiger partial charge is 0.484 e. The van der Waals surface area contributed by atoms with Crippen molar-refractivity contribution in [1.82, 2.24) is 5.32 Å². The monoisotopic (exact) mass is 460 g/mol. The Morgan fingerprint density at radius 3 is 2.44 bits per heavy atom. The van der Waals surface area contributed by atoms with Crippen LogP contribution in [-0.2, 0) is 11.0 Å². The molecule has 3 rings (SSSR count). The van der Waals surface area contributed by atoms with Gasteiger partial charge in [-0.25, -0.2) is 0 Å². The molecule has 0 saturated carbocycles. The summed E-state index contributed by atoms with van der Waals surface area (Å²) in [6.07, 6.45) is -3.12. The zero-order valence-corrected chi connectivity index (χ0v) is 17.8. The van der Waals surface area contributed by atoms with Crippen LogP contribution in [0.25, 0.3) is 0 Å². The van der Waals surface area contributed by atoms with Crippen LogP contribution in [0.3, 0.4) is 0 Å². The first-order valence-corrected chi connectivity index (χ1v) is 10.1. The molecule has 0 aromatic heterocycles. The summed E-state index contributed by atoms with van der Waals surface area (Å²) in [5.74, 6) is 0.228. The van der Waals surface area contributed by atoms with Gasteiger partial charge in [-0.15, -0.1) is 0 Å². The summed E-state index contributed by atoms with van der Waals surface area (Å²) in [5.41, 5.74) is 0.847. The first-order chi connectivity index (χ1) is 15.2. The lowest BCUT2D eigenvalue weighted by molar-refractivity contribution is -0.137. The molecule has 0 bridgehead atoms. The molecule has 3 aromatic carbocycles. The summed E-state index contributed by atoms with van der Waals surface area (Å²) < 4.78 is 44.3. The summed E-state index contributed by atoms with van der Waals surface area (Å²) in [4.78, 5) is 16.2. The van der Waals surface area contributed by atoms with Gasteiger partial charge in [-0.05, 0) is 60.5 Å². The van der Waals surface area contributed by atoms with Gasteiger partial charge in [0.15, 0.2) is 6.61 Å². The standard InChI is InChI=1S/C24H20ClF3N2O2/c1-16(18-5-3-2-4-6-18)30-23(31)15-32-20-10-7-17(8-11-20)14-29-19-9-12-22(25)21(13-19)24(26,27)28/h2-14,16H,15H2,1H3,(H,30,31)/t16-/m0/s1. The third kappa shape index (κ3) is 6.59. The molecule has 0 fully saturated rings. The Hall–Kier alpha value is -3.32. The smallest absolute Gasteiger partial charge is 0.417 e. The highest BCUT2D eigenvalue weighted by molar-refractivity contribution is 6.31. The third-order valence-corrected chi connectivity index (χ3v) is 4.87. The molecule has 0 spiro atoms. The van der Waals surface area contributed by atoms with E-state index in [9.17, 15) is 18.0 Å². The van der Waals surface area contributed by atoms with Crippen molar-refractivity contribution in [3.8, 4) is 5.75 Å². The number of carbonyl (C=O) groups is 1. The van der Waals surface area contributed by atoms with Crippen molar-refractivity contribution in [3.63, 3.8) is 0 Å². The van der Waals surface area contributed by atoms with E-state index in [1.165, 1.54) is 12.3 Å². The molecule has 1 N–H and O–H groups in total. The summed E-state index contributed by atoms with van der Waals surface area (Å²) in [7, 11) is 0. The zero-order valence-electron chi connectivity index (χ0n) is 17.1. The summed E-state index contributed by atoms with van der Waals surface area (Å²) in [6, 6.07) is 19.6. The van der Waals surface area contributed by atoms with Gasteiger partial charge >= 0.3 is 6.18 Å². The average molecular weight is 461 g/mol. The highest BCUT2D eigenvalue weighted by Gasteiger charge is 2.33. The van der Waals surface area contributed by atoms with E-state index in [4.69, 9.17) is 16.3 Å². The van der Waals surface area contributed by atoms with Gasteiger partial charge in [-0.2, -0.15) is 13.2 Å². The Labute approximate surface area is 188 Å². The van der Waals surface area contributed by atoms with Crippen molar-refractivity contribution in [2.24, 2.45) is 4.99 Å². The molecule has 1 atom stereocenters. The van der Waals surface area contributed by atoms with E-state index in [1.807, 2.05) is 37.3 Å². The number of rotatable bonds is 7. The molecule has 0 aliphatic carbocycles. The minimum atomic E-state index is -4.55. The fraction of sp³-hybridized carbons (Fsp3) is 0.167. The maximum Gasteiger partial charge on any atom is 0.417 e. The van der Waals surface area contributed by atoms with Crippen LogP contribution in [0.4, 0.5) is 18.9 Å². The van der Waals surface area contributed by atoms with Gasteiger partial charge in [-0.3, -0.25) is 9.79 Å². The molecule has 1 amide bonds. The van der Waals surface area contributed by atoms with Crippen LogP contribution in [-0.4, -0.2) is 18.7 Å². The lowest BCUT2D eigenvalue weighted by Crippen LogP contribution is -2.31. The number of hydrogen-bond donors (Lipinski definition) is 1. The lowest BCUT2D eigenvalue weighted by Gasteiger charge is -2.14. The number of nitrogens with one attached hydrogen (secondary N) is 1. The van der Waals surface area contributed by atoms with Crippen LogP contribution in [0.15, 0.2) is 77.8 Å². The van der Waals surface area contributed by atoms with Gasteiger partial charge in [0, 0.05) is 6.21 Å². The van der Waals surface area contributed by atoms with E-state index in [-0.39, 0.29) is 29.3 Å². The molecule has 0 saturated heterocycles. The quantitative estimate of drug-likeness (QED) is 0.417. The van der Waals surface area contributed by atoms with Crippen LogP contribution >= 0.6 is 11.6 Å². The van der Waals surface area contributed by atoms with Gasteiger partial charge in [0.05, 0.1) is 22.3 Å². The number of halogens is 4. The van der Waals surface area contributed by atoms with Crippen molar-refractivity contribution in [1.29, 1.82) is 0 Å². The van der Waals surface area contributed by atoms with Crippen LogP contribution in [0.5, 0.6) is 5.75 Å². The Balaban J connectivity index is 1.54. The first kappa shape index (κ1) is 23.3. The number of carbonyl (C=O) groups excluding carboxylic acids is 1. The molecule has 4 nitrogen and oxygen atoms in total. The topological polar surface area (TPSA) is 50.7 Å². The van der Waals surface area contributed by atoms with Crippen molar-refractivity contribution in [2.75, 3.05) is 6.61 Å². The van der Waals surface area contributed by atoms with E-state index >= 15 is 0 Å². The molecule has 166 valence electrons. The number of hydrogen-bond acceptors (Lipinski definition) is 3. The van der Waals surface area contributed by atoms with Gasteiger partial charge in [0.1, 0.15) is 5.75 Å². The van der Waals surface area contributed by atoms with Crippen molar-refractivity contribution in [2.45, 2.75) is 19.1 Å². The Morgan fingerprint density at radius 1 is 1.09 bits per heavy atom. The molecule has 3 aromatic rings. The van der Waals surface area contributed by atoms with E-state index in [2.05, 4.69) is 10.3 Å². The maximum atomic E-state index is 12.9. The number of nitrogens with zero attached hydrogens (tertiary/aromatic N) is 1. The maximum absolute atomic E-state index is 12.9. The third-order valence-electron chi connectivity index (χ3n) is 4.55. The molecule has 0 aliphatic rings. The van der Waals surface area contributed by atoms with Gasteiger partial charge in [0.2, 0.25) is 0 Å². The molecule has 0 radical (unpaired) electrons. The van der Waals surface area contributed by atoms with Gasteiger partial charge < -0.3 is 10.1 Å². The Kier molecular flexibility index (Phi) is 7.53. The predicted octanol–water partition coefficient (Wildman–Crippen LogP) is 6.37. The second-order valence-corrected chi connectivity index (χ2v) is 7.38. The Bertz CT molecular complexity index is 1080. The summed E-state index contributed by atoms with van der Waals surface area (Å²) in [6.45, 7) is 1.75. The van der Waals surface area contributed by atoms with Gasteiger partial charge in [-0.1, -0.05) is 41.9 Å². The molecule has 0 heterocycles. The number of ether oxygens (including phenoxy) is 1. The summed E-state index contributed by atoms with van der Waals surface area (Å²) in [5, 5.41) is 2.49. The van der Waals surface area contributed by atoms with E-state index < -0.39 is 11.7 Å². The predicted molar refractivity (Wildman–Crippen MR) is 119 cm³/mol. The van der Waals surface area contributed by atoms with E-state index in [1.54, 1.807) is 24.3 Å². The van der Waals surface area contributed by atoms with E-state index in [0.717, 1.165) is 17.7 Å². The van der Waals surface area contributed by atoms with Crippen LogP contribution in [0, 0.1) is 0 Å². The second kappa shape index (κ2) is 10.3. The first-order valence-electron chi connectivity index (χ1n) is 9.70. The number of alkyl halides is 3. The SMILES string of the molecule is C[C@H](NC(=O)COc1ccc(C=Nc2ccc(Cl)c(C(F)(F)F)c2)cc1)c1ccccc1. The fourth-order valence-electron chi connectivity index (χ4n) is 2.87. The molecular formula is C24H20ClF3N2O2. The zero-order chi connectivity index (χ0) is 23.1. The molecule has 8 heteroatoms. The van der Waals surface area contributed by atoms with Crippen molar-refractivity contribution >= 4 is 29.4 Å².